The molecule has 2 atom stereocenters. The third-order valence-electron chi connectivity index (χ3n) is 5.54. The van der Waals surface area contributed by atoms with Gasteiger partial charge in [0.2, 0.25) is 11.0 Å². The monoisotopic (exact) mass is 485 g/mol. The zero-order valence-corrected chi connectivity index (χ0v) is 20.1. The highest BCUT2D eigenvalue weighted by atomic mass is 32.1. The molecule has 0 radical (unpaired) electrons. The lowest BCUT2D eigenvalue weighted by atomic mass is 10.1. The summed E-state index contributed by atoms with van der Waals surface area (Å²) in [5.41, 5.74) is 2.29. The van der Waals surface area contributed by atoms with E-state index in [1.807, 2.05) is 32.0 Å². The highest BCUT2D eigenvalue weighted by molar-refractivity contribution is 7.15. The van der Waals surface area contributed by atoms with E-state index >= 15 is 0 Å². The molecule has 3 aromatic rings. The average Bonchev–Trinajstić information content (AvgIpc) is 3.52. The highest BCUT2D eigenvalue weighted by Crippen LogP contribution is 2.39. The van der Waals surface area contributed by atoms with Crippen molar-refractivity contribution in [2.75, 3.05) is 23.4 Å². The van der Waals surface area contributed by atoms with E-state index in [0.717, 1.165) is 39.0 Å². The van der Waals surface area contributed by atoms with Crippen LogP contribution in [0.25, 0.3) is 11.3 Å². The smallest absolute Gasteiger partial charge is 0.268 e. The van der Waals surface area contributed by atoms with Gasteiger partial charge in [-0.1, -0.05) is 11.3 Å². The molecule has 1 aromatic carbocycles. The van der Waals surface area contributed by atoms with Gasteiger partial charge in [-0.05, 0) is 51.8 Å². The number of aryl methyl sites for hydroxylation is 2. The number of rotatable bonds is 5. The van der Waals surface area contributed by atoms with E-state index in [4.69, 9.17) is 9.47 Å². The Morgan fingerprint density at radius 2 is 2.12 bits per heavy atom. The Hall–Kier alpha value is -2.89. The molecular formula is C22H23N5O4S2. The summed E-state index contributed by atoms with van der Waals surface area (Å²) in [7, 11) is 0. The number of hydrogen-bond donors (Lipinski definition) is 1. The maximum absolute atomic E-state index is 12.9. The Morgan fingerprint density at radius 1 is 1.27 bits per heavy atom. The fourth-order valence-electron chi connectivity index (χ4n) is 4.00. The quantitative estimate of drug-likeness (QED) is 0.584. The number of ether oxygens (including phenoxy) is 2. The second-order valence-corrected chi connectivity index (χ2v) is 10.4. The molecule has 0 spiro atoms. The van der Waals surface area contributed by atoms with Crippen molar-refractivity contribution in [1.29, 1.82) is 0 Å². The van der Waals surface area contributed by atoms with Crippen LogP contribution in [0.15, 0.2) is 18.2 Å². The molecule has 2 aromatic heterocycles. The third-order valence-corrected chi connectivity index (χ3v) is 7.36. The van der Waals surface area contributed by atoms with Gasteiger partial charge in [-0.15, -0.1) is 21.5 Å². The number of nitrogens with zero attached hydrogens (tertiary/aromatic N) is 4. The first-order valence-corrected chi connectivity index (χ1v) is 12.3. The normalized spacial score (nSPS) is 20.0. The summed E-state index contributed by atoms with van der Waals surface area (Å²) < 4.78 is 11.4. The number of carbonyl (C=O) groups excluding carboxylic acids is 2. The Labute approximate surface area is 198 Å². The van der Waals surface area contributed by atoms with Crippen LogP contribution in [0.3, 0.4) is 0 Å². The largest absolute Gasteiger partial charge is 0.479 e. The van der Waals surface area contributed by atoms with Gasteiger partial charge >= 0.3 is 0 Å². The van der Waals surface area contributed by atoms with E-state index in [-0.39, 0.29) is 24.5 Å². The summed E-state index contributed by atoms with van der Waals surface area (Å²) in [5, 5.41) is 13.1. The Bertz CT molecular complexity index is 1220. The van der Waals surface area contributed by atoms with Crippen LogP contribution in [-0.4, -0.2) is 46.3 Å². The number of thiazole rings is 1. The van der Waals surface area contributed by atoms with E-state index < -0.39 is 6.10 Å². The van der Waals surface area contributed by atoms with Crippen LogP contribution in [0.4, 0.5) is 10.8 Å². The molecule has 0 aliphatic carbocycles. The summed E-state index contributed by atoms with van der Waals surface area (Å²) in [6.45, 7) is 6.21. The van der Waals surface area contributed by atoms with Crippen molar-refractivity contribution < 1.29 is 19.1 Å². The van der Waals surface area contributed by atoms with E-state index in [1.165, 1.54) is 16.2 Å². The lowest BCUT2D eigenvalue weighted by molar-refractivity contribution is -0.127. The van der Waals surface area contributed by atoms with Gasteiger partial charge in [0, 0.05) is 17.0 Å². The number of hydrogen-bond acceptors (Lipinski definition) is 9. The van der Waals surface area contributed by atoms with Crippen LogP contribution in [0.5, 0.6) is 5.75 Å². The minimum Gasteiger partial charge on any atom is -0.479 e. The molecule has 9 nitrogen and oxygen atoms in total. The topological polar surface area (TPSA) is 107 Å². The van der Waals surface area contributed by atoms with Crippen LogP contribution in [0.2, 0.25) is 0 Å². The minimum atomic E-state index is -0.688. The van der Waals surface area contributed by atoms with E-state index in [2.05, 4.69) is 20.5 Å². The number of nitrogens with one attached hydrogen (secondary N) is 1. The summed E-state index contributed by atoms with van der Waals surface area (Å²) >= 11 is 2.92. The molecule has 4 heterocycles. The van der Waals surface area contributed by atoms with Gasteiger partial charge in [0.25, 0.3) is 5.91 Å². The predicted molar refractivity (Wildman–Crippen MR) is 126 cm³/mol. The number of fused-ring (bicyclic) bond motifs is 1. The summed E-state index contributed by atoms with van der Waals surface area (Å²) in [6, 6.07) is 5.61. The molecule has 2 aliphatic heterocycles. The van der Waals surface area contributed by atoms with Crippen molar-refractivity contribution >= 4 is 45.3 Å². The van der Waals surface area contributed by atoms with Crippen LogP contribution in [-0.2, 0) is 14.3 Å². The molecule has 2 amide bonds. The van der Waals surface area contributed by atoms with Gasteiger partial charge in [-0.3, -0.25) is 19.8 Å². The fraction of sp³-hybridized carbons (Fsp3) is 0.409. The van der Waals surface area contributed by atoms with Gasteiger partial charge in [0.05, 0.1) is 16.4 Å². The molecule has 2 unspecified atom stereocenters. The molecule has 1 fully saturated rings. The second-order valence-electron chi connectivity index (χ2n) is 8.00. The van der Waals surface area contributed by atoms with Gasteiger partial charge in [0.1, 0.15) is 23.4 Å². The van der Waals surface area contributed by atoms with Crippen molar-refractivity contribution in [3.05, 3.63) is 33.1 Å². The highest BCUT2D eigenvalue weighted by Gasteiger charge is 2.33. The molecule has 11 heteroatoms. The van der Waals surface area contributed by atoms with Crippen LogP contribution in [0.1, 0.15) is 40.8 Å². The Kier molecular flexibility index (Phi) is 5.85. The number of aromatic nitrogens is 3. The Balaban J connectivity index is 1.37. The molecule has 1 N–H and O–H groups in total. The van der Waals surface area contributed by atoms with E-state index in [1.54, 1.807) is 18.3 Å². The SMILES string of the molecule is Cc1nc(-c2ccc3c(c2)N(CC(=O)Nc2nnc(C4CCCO4)s2)C(=O)C(C)O3)c(C)s1. The zero-order chi connectivity index (χ0) is 23.1. The van der Waals surface area contributed by atoms with Crippen molar-refractivity contribution in [2.45, 2.75) is 45.8 Å². The predicted octanol–water partition coefficient (Wildman–Crippen LogP) is 3.88. The van der Waals surface area contributed by atoms with Crippen molar-refractivity contribution in [3.63, 3.8) is 0 Å². The molecule has 5 rings (SSSR count). The third kappa shape index (κ3) is 4.35. The first-order valence-electron chi connectivity index (χ1n) is 10.7. The first kappa shape index (κ1) is 21.9. The lowest BCUT2D eigenvalue weighted by Crippen LogP contribution is -2.47. The van der Waals surface area contributed by atoms with Crippen LogP contribution >= 0.6 is 22.7 Å². The molecular weight excluding hydrogens is 462 g/mol. The minimum absolute atomic E-state index is 0.0575. The number of benzene rings is 1. The first-order chi connectivity index (χ1) is 15.9. The van der Waals surface area contributed by atoms with Crippen LogP contribution < -0.4 is 15.0 Å². The zero-order valence-electron chi connectivity index (χ0n) is 18.5. The van der Waals surface area contributed by atoms with Crippen molar-refractivity contribution in [1.82, 2.24) is 15.2 Å². The fourth-order valence-corrected chi connectivity index (χ4v) is 5.69. The molecule has 0 saturated carbocycles. The van der Waals surface area contributed by atoms with Crippen molar-refractivity contribution in [2.24, 2.45) is 0 Å². The summed E-state index contributed by atoms with van der Waals surface area (Å²) in [4.78, 5) is 32.9. The molecule has 33 heavy (non-hydrogen) atoms. The number of amides is 2. The summed E-state index contributed by atoms with van der Waals surface area (Å²) in [5.74, 6) is -0.0809. The standard InChI is InChI=1S/C22H23N5O4S2/c1-11-21(29)27(10-18(28)24-22-26-25-20(33-22)17-5-4-8-30-17)15-9-14(6-7-16(15)31-11)19-12(2)32-13(3)23-19/h6-7,9,11,17H,4-5,8,10H2,1-3H3,(H,24,26,28). The molecule has 2 aliphatic rings. The molecule has 172 valence electrons. The summed E-state index contributed by atoms with van der Waals surface area (Å²) in [6.07, 6.45) is 1.15. The van der Waals surface area contributed by atoms with Gasteiger partial charge in [0.15, 0.2) is 6.10 Å². The van der Waals surface area contributed by atoms with Gasteiger partial charge < -0.3 is 9.47 Å². The number of carbonyl (C=O) groups is 2. The van der Waals surface area contributed by atoms with E-state index in [9.17, 15) is 9.59 Å². The van der Waals surface area contributed by atoms with Gasteiger partial charge in [-0.2, -0.15) is 0 Å². The lowest BCUT2D eigenvalue weighted by Gasteiger charge is -2.32. The Morgan fingerprint density at radius 3 is 2.85 bits per heavy atom. The molecule has 1 saturated heterocycles. The van der Waals surface area contributed by atoms with E-state index in [0.29, 0.717) is 23.2 Å². The van der Waals surface area contributed by atoms with Crippen LogP contribution in [0, 0.1) is 13.8 Å². The maximum Gasteiger partial charge on any atom is 0.268 e. The van der Waals surface area contributed by atoms with Gasteiger partial charge in [-0.25, -0.2) is 4.98 Å². The number of anilines is 2. The second kappa shape index (κ2) is 8.81. The average molecular weight is 486 g/mol. The molecule has 0 bridgehead atoms. The maximum atomic E-state index is 12.9. The van der Waals surface area contributed by atoms with Crippen molar-refractivity contribution in [3.8, 4) is 17.0 Å².